The van der Waals surface area contributed by atoms with E-state index in [0.717, 1.165) is 5.75 Å². The highest BCUT2D eigenvalue weighted by Crippen LogP contribution is 2.14. The molecule has 8 heavy (non-hydrogen) atoms. The van der Waals surface area contributed by atoms with Crippen molar-refractivity contribution in [3.05, 3.63) is 16.8 Å². The maximum atomic E-state index is 5.28. The smallest absolute Gasteiger partial charge is 0.162 e. The molecule has 0 atom stereocenters. The first kappa shape index (κ1) is 5.92. The highest BCUT2D eigenvalue weighted by Gasteiger charge is 1.87. The number of thiophene rings is 1. The van der Waals surface area contributed by atoms with Crippen molar-refractivity contribution in [1.29, 1.82) is 0 Å². The predicted octanol–water partition coefficient (Wildman–Crippen LogP) is 2.32. The quantitative estimate of drug-likeness (QED) is 0.585. The molecule has 0 aliphatic carbocycles. The van der Waals surface area contributed by atoms with Gasteiger partial charge in [-0.3, -0.25) is 0 Å². The van der Waals surface area contributed by atoms with E-state index in [2.05, 4.69) is 0 Å². The Bertz CT molecular complexity index is 138. The van der Waals surface area contributed by atoms with Gasteiger partial charge < -0.3 is 4.74 Å². The molecule has 1 aromatic rings. The molecular weight excluding hydrogens is 144 g/mol. The van der Waals surface area contributed by atoms with Gasteiger partial charge in [-0.05, 0) is 11.4 Å². The highest BCUT2D eigenvalue weighted by molar-refractivity contribution is 7.08. The summed E-state index contributed by atoms with van der Waals surface area (Å²) in [4.78, 5) is 0. The monoisotopic (exact) mass is 148 g/mol. The first-order valence-corrected chi connectivity index (χ1v) is 3.62. The number of hydrogen-bond donors (Lipinski definition) is 0. The molecular formula is C5H5ClOS. The van der Waals surface area contributed by atoms with E-state index in [9.17, 15) is 0 Å². The number of halogens is 1. The van der Waals surface area contributed by atoms with E-state index in [0.29, 0.717) is 0 Å². The second-order valence-corrected chi connectivity index (χ2v) is 2.21. The van der Waals surface area contributed by atoms with Crippen LogP contribution in [-0.4, -0.2) is 6.07 Å². The van der Waals surface area contributed by atoms with Crippen LogP contribution in [0.15, 0.2) is 16.8 Å². The van der Waals surface area contributed by atoms with Gasteiger partial charge in [0, 0.05) is 5.38 Å². The third-order valence-electron chi connectivity index (χ3n) is 0.716. The van der Waals surface area contributed by atoms with Crippen LogP contribution in [0.3, 0.4) is 0 Å². The molecule has 0 fully saturated rings. The van der Waals surface area contributed by atoms with E-state index in [-0.39, 0.29) is 6.07 Å². The second kappa shape index (κ2) is 2.95. The van der Waals surface area contributed by atoms with Gasteiger partial charge in [0.2, 0.25) is 0 Å². The Balaban J connectivity index is 2.50. The summed E-state index contributed by atoms with van der Waals surface area (Å²) in [7, 11) is 0. The normalized spacial score (nSPS) is 9.12. The third-order valence-corrected chi connectivity index (χ3v) is 1.49. The lowest BCUT2D eigenvalue weighted by Gasteiger charge is -1.92. The van der Waals surface area contributed by atoms with Crippen molar-refractivity contribution in [3.8, 4) is 5.75 Å². The van der Waals surface area contributed by atoms with E-state index in [1.54, 1.807) is 11.3 Å². The lowest BCUT2D eigenvalue weighted by Crippen LogP contribution is -1.84. The molecule has 0 bridgehead atoms. The molecule has 0 spiro atoms. The van der Waals surface area contributed by atoms with Gasteiger partial charge in [0.05, 0.1) is 0 Å². The number of hydrogen-bond acceptors (Lipinski definition) is 2. The predicted molar refractivity (Wildman–Crippen MR) is 35.7 cm³/mol. The molecule has 44 valence electrons. The topological polar surface area (TPSA) is 9.23 Å². The fourth-order valence-electron chi connectivity index (χ4n) is 0.397. The molecule has 0 aromatic carbocycles. The average molecular weight is 149 g/mol. The molecule has 1 rings (SSSR count). The molecule has 1 nitrogen and oxygen atoms in total. The number of rotatable bonds is 2. The Kier molecular flexibility index (Phi) is 2.18. The van der Waals surface area contributed by atoms with E-state index >= 15 is 0 Å². The Labute approximate surface area is 56.9 Å². The van der Waals surface area contributed by atoms with Crippen molar-refractivity contribution >= 4 is 22.9 Å². The standard InChI is InChI=1S/C5H5ClOS/c6-4-7-5-1-2-8-3-5/h1-3H,4H2. The first-order valence-electron chi connectivity index (χ1n) is 2.14. The lowest BCUT2D eigenvalue weighted by atomic mass is 10.6. The van der Waals surface area contributed by atoms with Crippen LogP contribution in [0.25, 0.3) is 0 Å². The molecule has 1 heterocycles. The van der Waals surface area contributed by atoms with Gasteiger partial charge in [-0.15, -0.1) is 11.3 Å². The SMILES string of the molecule is ClCOc1ccsc1. The van der Waals surface area contributed by atoms with Crippen LogP contribution in [0.1, 0.15) is 0 Å². The lowest BCUT2D eigenvalue weighted by molar-refractivity contribution is 0.390. The minimum absolute atomic E-state index is 0.233. The molecule has 3 heteroatoms. The summed E-state index contributed by atoms with van der Waals surface area (Å²) in [6, 6.07) is 2.11. The van der Waals surface area contributed by atoms with Crippen molar-refractivity contribution in [2.75, 3.05) is 6.07 Å². The minimum atomic E-state index is 0.233. The van der Waals surface area contributed by atoms with Crippen molar-refractivity contribution in [2.45, 2.75) is 0 Å². The van der Waals surface area contributed by atoms with Crippen LogP contribution in [-0.2, 0) is 0 Å². The fraction of sp³-hybridized carbons (Fsp3) is 0.200. The Morgan fingerprint density at radius 2 is 2.62 bits per heavy atom. The number of ether oxygens (including phenoxy) is 1. The van der Waals surface area contributed by atoms with E-state index in [1.165, 1.54) is 0 Å². The van der Waals surface area contributed by atoms with Gasteiger partial charge in [0.25, 0.3) is 0 Å². The van der Waals surface area contributed by atoms with Gasteiger partial charge in [-0.1, -0.05) is 11.6 Å². The van der Waals surface area contributed by atoms with Gasteiger partial charge in [-0.2, -0.15) is 0 Å². The minimum Gasteiger partial charge on any atom is -0.477 e. The summed E-state index contributed by atoms with van der Waals surface area (Å²) in [6.07, 6.45) is 0. The van der Waals surface area contributed by atoms with Crippen molar-refractivity contribution in [3.63, 3.8) is 0 Å². The Morgan fingerprint density at radius 3 is 3.12 bits per heavy atom. The maximum absolute atomic E-state index is 5.28. The third kappa shape index (κ3) is 1.39. The summed E-state index contributed by atoms with van der Waals surface area (Å²) in [5.74, 6) is 0.852. The fourth-order valence-corrected chi connectivity index (χ4v) is 1.10. The summed E-state index contributed by atoms with van der Waals surface area (Å²) in [6.45, 7) is 0. The molecule has 0 amide bonds. The summed E-state index contributed by atoms with van der Waals surface area (Å²) in [5.41, 5.74) is 0. The van der Waals surface area contributed by atoms with E-state index < -0.39 is 0 Å². The van der Waals surface area contributed by atoms with Gasteiger partial charge in [0.15, 0.2) is 6.07 Å². The molecule has 1 aromatic heterocycles. The molecule has 0 N–H and O–H groups in total. The van der Waals surface area contributed by atoms with Crippen LogP contribution >= 0.6 is 22.9 Å². The van der Waals surface area contributed by atoms with E-state index in [4.69, 9.17) is 16.3 Å². The zero-order valence-corrected chi connectivity index (χ0v) is 5.71. The van der Waals surface area contributed by atoms with Crippen LogP contribution in [0.2, 0.25) is 0 Å². The van der Waals surface area contributed by atoms with Gasteiger partial charge >= 0.3 is 0 Å². The van der Waals surface area contributed by atoms with Crippen molar-refractivity contribution in [2.24, 2.45) is 0 Å². The molecule has 0 aliphatic heterocycles. The Hall–Kier alpha value is -0.210. The second-order valence-electron chi connectivity index (χ2n) is 1.21. The largest absolute Gasteiger partial charge is 0.477 e. The van der Waals surface area contributed by atoms with Crippen LogP contribution in [0, 0.1) is 0 Å². The van der Waals surface area contributed by atoms with Crippen LogP contribution in [0.5, 0.6) is 5.75 Å². The van der Waals surface area contributed by atoms with Gasteiger partial charge in [-0.25, -0.2) is 0 Å². The molecule has 0 aliphatic rings. The maximum Gasteiger partial charge on any atom is 0.162 e. The van der Waals surface area contributed by atoms with Crippen molar-refractivity contribution in [1.82, 2.24) is 0 Å². The van der Waals surface area contributed by atoms with E-state index in [1.807, 2.05) is 16.8 Å². The highest BCUT2D eigenvalue weighted by atomic mass is 35.5. The van der Waals surface area contributed by atoms with Crippen LogP contribution in [0.4, 0.5) is 0 Å². The first-order chi connectivity index (χ1) is 3.93. The zero-order valence-electron chi connectivity index (χ0n) is 4.13. The molecule has 0 radical (unpaired) electrons. The van der Waals surface area contributed by atoms with Crippen LogP contribution < -0.4 is 4.74 Å². The summed E-state index contributed by atoms with van der Waals surface area (Å²) < 4.78 is 4.92. The summed E-state index contributed by atoms with van der Waals surface area (Å²) in [5, 5.41) is 3.85. The molecule has 0 saturated carbocycles. The zero-order chi connectivity index (χ0) is 5.82. The van der Waals surface area contributed by atoms with Crippen molar-refractivity contribution < 1.29 is 4.74 Å². The molecule has 0 unspecified atom stereocenters. The van der Waals surface area contributed by atoms with Gasteiger partial charge in [0.1, 0.15) is 5.75 Å². The number of alkyl halides is 1. The molecule has 0 saturated heterocycles. The average Bonchev–Trinajstić information content (AvgIpc) is 2.19. The Morgan fingerprint density at radius 1 is 1.75 bits per heavy atom. The summed E-state index contributed by atoms with van der Waals surface area (Å²) >= 11 is 6.87.